The van der Waals surface area contributed by atoms with Gasteiger partial charge in [-0.2, -0.15) is 0 Å². The maximum absolute atomic E-state index is 15.4. The van der Waals surface area contributed by atoms with Crippen molar-refractivity contribution in [1.82, 2.24) is 4.57 Å². The van der Waals surface area contributed by atoms with E-state index in [0.717, 1.165) is 49.6 Å². The van der Waals surface area contributed by atoms with Crippen molar-refractivity contribution in [3.8, 4) is 0 Å². The second-order valence-electron chi connectivity index (χ2n) is 8.51. The van der Waals surface area contributed by atoms with E-state index in [-0.39, 0.29) is 35.7 Å². The monoisotopic (exact) mass is 399 g/mol. The number of hydrogen-bond acceptors (Lipinski definition) is 5. The molecule has 0 amide bonds. The van der Waals surface area contributed by atoms with Crippen LogP contribution in [0.4, 0.5) is 10.1 Å². The minimum absolute atomic E-state index is 0.0136. The number of esters is 1. The number of aromatic nitrogens is 1. The highest BCUT2D eigenvalue weighted by Crippen LogP contribution is 2.43. The average Bonchev–Trinajstić information content (AvgIpc) is 3.47. The van der Waals surface area contributed by atoms with Crippen molar-refractivity contribution in [2.24, 2.45) is 5.73 Å². The molecule has 2 N–H and O–H groups in total. The number of anilines is 1. The summed E-state index contributed by atoms with van der Waals surface area (Å²) in [6.07, 6.45) is 7.10. The van der Waals surface area contributed by atoms with Gasteiger partial charge in [-0.3, -0.25) is 4.79 Å². The molecule has 6 nitrogen and oxygen atoms in total. The van der Waals surface area contributed by atoms with E-state index in [0.29, 0.717) is 12.2 Å². The quantitative estimate of drug-likeness (QED) is 0.803. The summed E-state index contributed by atoms with van der Waals surface area (Å²) in [5, 5.41) is 0.278. The van der Waals surface area contributed by atoms with E-state index in [1.54, 1.807) is 13.1 Å². The summed E-state index contributed by atoms with van der Waals surface area (Å²) in [5.74, 6) is -1.04. The van der Waals surface area contributed by atoms with Gasteiger partial charge in [0.25, 0.3) is 0 Å². The summed E-state index contributed by atoms with van der Waals surface area (Å²) in [6, 6.07) is 1.85. The van der Waals surface area contributed by atoms with Gasteiger partial charge in [0, 0.05) is 41.8 Å². The number of pyridine rings is 1. The lowest BCUT2D eigenvalue weighted by Gasteiger charge is -2.27. The SMILES string of the molecule is CCOC(=O)c1cn(C2CC2)c2c3c(c(F)cc2c1=O)N1C[C@H](N)C[C@@H]1CCC3. The number of ether oxygens (including phenoxy) is 1. The average molecular weight is 399 g/mol. The zero-order chi connectivity index (χ0) is 20.3. The highest BCUT2D eigenvalue weighted by molar-refractivity contribution is 5.96. The number of rotatable bonds is 3. The summed E-state index contributed by atoms with van der Waals surface area (Å²) in [6.45, 7) is 2.53. The number of aryl methyl sites for hydroxylation is 1. The lowest BCUT2D eigenvalue weighted by molar-refractivity contribution is 0.0524. The molecule has 7 heteroatoms. The number of hydrogen-bond donors (Lipinski definition) is 1. The van der Waals surface area contributed by atoms with Gasteiger partial charge in [0.1, 0.15) is 11.4 Å². The maximum Gasteiger partial charge on any atom is 0.343 e. The maximum atomic E-state index is 15.4. The molecule has 0 radical (unpaired) electrons. The number of carbonyl (C=O) groups is 1. The Morgan fingerprint density at radius 3 is 2.83 bits per heavy atom. The van der Waals surface area contributed by atoms with Gasteiger partial charge in [0.05, 0.1) is 17.8 Å². The second-order valence-corrected chi connectivity index (χ2v) is 8.51. The molecule has 2 aliphatic heterocycles. The van der Waals surface area contributed by atoms with Crippen LogP contribution in [0.5, 0.6) is 0 Å². The molecule has 2 fully saturated rings. The van der Waals surface area contributed by atoms with Crippen molar-refractivity contribution in [3.05, 3.63) is 39.4 Å². The number of carbonyl (C=O) groups excluding carboxylic acids is 1. The van der Waals surface area contributed by atoms with E-state index >= 15 is 4.39 Å². The Labute approximate surface area is 168 Å². The minimum Gasteiger partial charge on any atom is -0.462 e. The summed E-state index contributed by atoms with van der Waals surface area (Å²) in [5.41, 5.74) is 7.99. The van der Waals surface area contributed by atoms with Crippen LogP contribution in [0, 0.1) is 5.82 Å². The van der Waals surface area contributed by atoms with Crippen LogP contribution in [0.15, 0.2) is 17.1 Å². The summed E-state index contributed by atoms with van der Waals surface area (Å²) in [4.78, 5) is 27.6. The largest absolute Gasteiger partial charge is 0.462 e. The highest BCUT2D eigenvalue weighted by Gasteiger charge is 2.37. The second kappa shape index (κ2) is 6.83. The number of halogens is 1. The Bertz CT molecular complexity index is 1060. The van der Waals surface area contributed by atoms with Gasteiger partial charge < -0.3 is 19.9 Å². The Morgan fingerprint density at radius 1 is 1.31 bits per heavy atom. The van der Waals surface area contributed by atoms with Gasteiger partial charge in [0.2, 0.25) is 5.43 Å². The van der Waals surface area contributed by atoms with Gasteiger partial charge in [-0.25, -0.2) is 9.18 Å². The van der Waals surface area contributed by atoms with Crippen molar-refractivity contribution >= 4 is 22.6 Å². The van der Waals surface area contributed by atoms with E-state index in [2.05, 4.69) is 4.90 Å². The van der Waals surface area contributed by atoms with E-state index < -0.39 is 17.2 Å². The first-order valence-corrected chi connectivity index (χ1v) is 10.6. The molecule has 1 aromatic carbocycles. The van der Waals surface area contributed by atoms with Crippen LogP contribution in [0.3, 0.4) is 0 Å². The molecular formula is C22H26FN3O3. The third-order valence-electron chi connectivity index (χ3n) is 6.47. The fourth-order valence-electron chi connectivity index (χ4n) is 5.11. The van der Waals surface area contributed by atoms with Crippen LogP contribution < -0.4 is 16.1 Å². The van der Waals surface area contributed by atoms with Crippen LogP contribution in [0.2, 0.25) is 0 Å². The predicted octanol–water partition coefficient (Wildman–Crippen LogP) is 2.89. The fraction of sp³-hybridized carbons (Fsp3) is 0.545. The Kier molecular flexibility index (Phi) is 4.38. The van der Waals surface area contributed by atoms with E-state index in [1.165, 1.54) is 6.07 Å². The van der Waals surface area contributed by atoms with Crippen LogP contribution in [-0.4, -0.2) is 35.8 Å². The smallest absolute Gasteiger partial charge is 0.343 e. The van der Waals surface area contributed by atoms with E-state index in [1.807, 2.05) is 4.57 Å². The molecule has 1 aromatic heterocycles. The van der Waals surface area contributed by atoms with Crippen molar-refractivity contribution in [3.63, 3.8) is 0 Å². The Balaban J connectivity index is 1.80. The Morgan fingerprint density at radius 2 is 2.10 bits per heavy atom. The molecule has 1 saturated carbocycles. The number of fused-ring (bicyclic) bond motifs is 5. The molecule has 1 saturated heterocycles. The van der Waals surface area contributed by atoms with Crippen LogP contribution >= 0.6 is 0 Å². The standard InChI is InChI=1S/C22H26FN3O3/c1-2-29-22(28)17-11-26(13-6-7-13)19-15-5-3-4-14-8-12(24)10-25(14)20(15)18(23)9-16(19)21(17)27/h9,11-14H,2-8,10,24H2,1H3/t12-,14+/m1/s1. The topological polar surface area (TPSA) is 77.6 Å². The molecule has 0 bridgehead atoms. The van der Waals surface area contributed by atoms with Gasteiger partial charge in [-0.15, -0.1) is 0 Å². The molecule has 1 aliphatic carbocycles. The molecule has 3 aliphatic rings. The molecule has 2 aromatic rings. The first kappa shape index (κ1) is 18.6. The molecular weight excluding hydrogens is 373 g/mol. The molecule has 5 rings (SSSR count). The van der Waals surface area contributed by atoms with Crippen molar-refractivity contribution in [1.29, 1.82) is 0 Å². The normalized spacial score (nSPS) is 23.6. The molecule has 29 heavy (non-hydrogen) atoms. The summed E-state index contributed by atoms with van der Waals surface area (Å²) in [7, 11) is 0. The van der Waals surface area contributed by atoms with Crippen LogP contribution in [-0.2, 0) is 11.2 Å². The van der Waals surface area contributed by atoms with Gasteiger partial charge in [0.15, 0.2) is 0 Å². The zero-order valence-corrected chi connectivity index (χ0v) is 16.6. The molecule has 0 spiro atoms. The van der Waals surface area contributed by atoms with E-state index in [4.69, 9.17) is 10.5 Å². The molecule has 3 heterocycles. The van der Waals surface area contributed by atoms with Crippen LogP contribution in [0.1, 0.15) is 61.0 Å². The molecule has 0 unspecified atom stereocenters. The third-order valence-corrected chi connectivity index (χ3v) is 6.47. The summed E-state index contributed by atoms with van der Waals surface area (Å²) >= 11 is 0. The molecule has 154 valence electrons. The van der Waals surface area contributed by atoms with Crippen molar-refractivity contribution < 1.29 is 13.9 Å². The Hall–Kier alpha value is -2.41. The highest BCUT2D eigenvalue weighted by atomic mass is 19.1. The van der Waals surface area contributed by atoms with Crippen LogP contribution in [0.25, 0.3) is 10.9 Å². The first-order chi connectivity index (χ1) is 14.0. The first-order valence-electron chi connectivity index (χ1n) is 10.6. The number of nitrogens with two attached hydrogens (primary N) is 1. The lowest BCUT2D eigenvalue weighted by Crippen LogP contribution is -2.31. The van der Waals surface area contributed by atoms with Gasteiger partial charge >= 0.3 is 5.97 Å². The lowest BCUT2D eigenvalue weighted by atomic mass is 9.99. The van der Waals surface area contributed by atoms with Gasteiger partial charge in [-0.05, 0) is 51.5 Å². The molecule has 2 atom stereocenters. The number of nitrogens with zero attached hydrogens (tertiary/aromatic N) is 2. The van der Waals surface area contributed by atoms with Crippen molar-refractivity contribution in [2.75, 3.05) is 18.1 Å². The predicted molar refractivity (Wildman–Crippen MR) is 109 cm³/mol. The zero-order valence-electron chi connectivity index (χ0n) is 16.6. The number of benzene rings is 1. The summed E-state index contributed by atoms with van der Waals surface area (Å²) < 4.78 is 22.5. The minimum atomic E-state index is -0.644. The third kappa shape index (κ3) is 2.94. The fourth-order valence-corrected chi connectivity index (χ4v) is 5.11. The van der Waals surface area contributed by atoms with Gasteiger partial charge in [-0.1, -0.05) is 0 Å². The van der Waals surface area contributed by atoms with E-state index in [9.17, 15) is 9.59 Å². The van der Waals surface area contributed by atoms with Crippen molar-refractivity contribution in [2.45, 2.75) is 63.6 Å².